The van der Waals surface area contributed by atoms with Crippen LogP contribution in [-0.4, -0.2) is 61.5 Å². The van der Waals surface area contributed by atoms with Crippen LogP contribution >= 0.6 is 0 Å². The normalized spacial score (nSPS) is 20.0. The molecule has 0 aliphatic carbocycles. The van der Waals surface area contributed by atoms with E-state index in [0.717, 1.165) is 23.3 Å². The molecule has 0 saturated carbocycles. The van der Waals surface area contributed by atoms with Crippen LogP contribution in [0, 0.1) is 0 Å². The highest BCUT2D eigenvalue weighted by Gasteiger charge is 2.35. The van der Waals surface area contributed by atoms with Crippen molar-refractivity contribution in [1.29, 1.82) is 0 Å². The summed E-state index contributed by atoms with van der Waals surface area (Å²) < 4.78 is 10.6. The standard InChI is InChI=1S/C17H21N3O5/c1-24-13-6-5-11(8-14(13)25-2)12-4-3-7-19(12)16(22)10-20-15(21)9-18-17(20)23/h5-6,8,12H,3-4,7,9-10H2,1-2H3,(H,18,23)/t12-/m1/s1. The lowest BCUT2D eigenvalue weighted by Gasteiger charge is -2.27. The number of methoxy groups -OCH3 is 2. The van der Waals surface area contributed by atoms with Crippen LogP contribution in [0.3, 0.4) is 0 Å². The number of benzene rings is 1. The molecule has 0 spiro atoms. The van der Waals surface area contributed by atoms with Crippen LogP contribution in [0.25, 0.3) is 0 Å². The second-order valence-electron chi connectivity index (χ2n) is 6.00. The molecule has 0 radical (unpaired) electrons. The van der Waals surface area contributed by atoms with Crippen LogP contribution in [0.15, 0.2) is 18.2 Å². The molecule has 1 aromatic rings. The molecule has 1 aromatic carbocycles. The van der Waals surface area contributed by atoms with E-state index >= 15 is 0 Å². The fourth-order valence-electron chi connectivity index (χ4n) is 3.31. The highest BCUT2D eigenvalue weighted by molar-refractivity contribution is 6.04. The van der Waals surface area contributed by atoms with Gasteiger partial charge in [-0.1, -0.05) is 6.07 Å². The Balaban J connectivity index is 1.77. The lowest BCUT2D eigenvalue weighted by molar-refractivity contribution is -0.137. The highest BCUT2D eigenvalue weighted by Crippen LogP contribution is 2.36. The van der Waals surface area contributed by atoms with Crippen molar-refractivity contribution in [2.24, 2.45) is 0 Å². The van der Waals surface area contributed by atoms with Gasteiger partial charge in [-0.15, -0.1) is 0 Å². The highest BCUT2D eigenvalue weighted by atomic mass is 16.5. The summed E-state index contributed by atoms with van der Waals surface area (Å²) in [7, 11) is 3.14. The van der Waals surface area contributed by atoms with Crippen molar-refractivity contribution in [1.82, 2.24) is 15.1 Å². The summed E-state index contributed by atoms with van der Waals surface area (Å²) in [5.74, 6) is 0.623. The molecule has 0 unspecified atom stereocenters. The van der Waals surface area contributed by atoms with Gasteiger partial charge in [0.25, 0.3) is 5.91 Å². The van der Waals surface area contributed by atoms with Gasteiger partial charge in [0.1, 0.15) is 6.54 Å². The van der Waals surface area contributed by atoms with Gasteiger partial charge in [0.2, 0.25) is 5.91 Å². The third-order valence-corrected chi connectivity index (χ3v) is 4.60. The Hall–Kier alpha value is -2.77. The summed E-state index contributed by atoms with van der Waals surface area (Å²) in [4.78, 5) is 38.7. The number of rotatable bonds is 5. The minimum absolute atomic E-state index is 0.0504. The number of amides is 4. The predicted molar refractivity (Wildman–Crippen MR) is 88.3 cm³/mol. The largest absolute Gasteiger partial charge is 0.493 e. The van der Waals surface area contributed by atoms with Crippen molar-refractivity contribution in [3.05, 3.63) is 23.8 Å². The van der Waals surface area contributed by atoms with Gasteiger partial charge >= 0.3 is 6.03 Å². The van der Waals surface area contributed by atoms with Gasteiger partial charge in [-0.25, -0.2) is 4.79 Å². The number of urea groups is 1. The zero-order valence-corrected chi connectivity index (χ0v) is 14.3. The molecule has 0 bridgehead atoms. The van der Waals surface area contributed by atoms with Crippen LogP contribution in [0.1, 0.15) is 24.4 Å². The molecule has 1 atom stereocenters. The Morgan fingerprint density at radius 1 is 1.24 bits per heavy atom. The van der Waals surface area contributed by atoms with Gasteiger partial charge < -0.3 is 19.7 Å². The van der Waals surface area contributed by atoms with E-state index in [1.54, 1.807) is 19.1 Å². The number of ether oxygens (including phenoxy) is 2. The zero-order chi connectivity index (χ0) is 18.0. The van der Waals surface area contributed by atoms with E-state index < -0.39 is 6.03 Å². The SMILES string of the molecule is COc1ccc([C@H]2CCCN2C(=O)CN2C(=O)CNC2=O)cc1OC. The summed E-state index contributed by atoms with van der Waals surface area (Å²) in [6, 6.07) is 4.97. The zero-order valence-electron chi connectivity index (χ0n) is 14.3. The van der Waals surface area contributed by atoms with Gasteiger partial charge in [-0.3, -0.25) is 14.5 Å². The molecule has 8 heteroatoms. The monoisotopic (exact) mass is 347 g/mol. The number of hydrogen-bond acceptors (Lipinski definition) is 5. The summed E-state index contributed by atoms with van der Waals surface area (Å²) in [5, 5.41) is 2.42. The Morgan fingerprint density at radius 2 is 2.00 bits per heavy atom. The average molecular weight is 347 g/mol. The summed E-state index contributed by atoms with van der Waals surface area (Å²) in [6.07, 6.45) is 1.69. The van der Waals surface area contributed by atoms with Gasteiger partial charge in [0, 0.05) is 6.54 Å². The maximum Gasteiger partial charge on any atom is 0.325 e. The third-order valence-electron chi connectivity index (χ3n) is 4.60. The molecule has 2 aliphatic heterocycles. The molecule has 2 heterocycles. The number of imide groups is 1. The van der Waals surface area contributed by atoms with E-state index in [2.05, 4.69) is 5.32 Å². The second kappa shape index (κ2) is 7.00. The minimum atomic E-state index is -0.514. The fourth-order valence-corrected chi connectivity index (χ4v) is 3.31. The van der Waals surface area contributed by atoms with E-state index in [1.807, 2.05) is 18.2 Å². The molecule has 2 saturated heterocycles. The van der Waals surface area contributed by atoms with Crippen molar-refractivity contribution in [2.75, 3.05) is 33.9 Å². The first-order chi connectivity index (χ1) is 12.0. The smallest absolute Gasteiger partial charge is 0.325 e. The molecular formula is C17H21N3O5. The third kappa shape index (κ3) is 3.24. The fraction of sp³-hybridized carbons (Fsp3) is 0.471. The molecule has 134 valence electrons. The summed E-state index contributed by atoms with van der Waals surface area (Å²) >= 11 is 0. The van der Waals surface area contributed by atoms with Crippen molar-refractivity contribution in [3.8, 4) is 11.5 Å². The van der Waals surface area contributed by atoms with E-state index in [4.69, 9.17) is 9.47 Å². The van der Waals surface area contributed by atoms with Crippen LogP contribution in [-0.2, 0) is 9.59 Å². The number of hydrogen-bond donors (Lipinski definition) is 1. The van der Waals surface area contributed by atoms with Crippen molar-refractivity contribution in [2.45, 2.75) is 18.9 Å². The van der Waals surface area contributed by atoms with Gasteiger partial charge in [-0.05, 0) is 30.5 Å². The van der Waals surface area contributed by atoms with Gasteiger partial charge in [0.05, 0.1) is 26.8 Å². The first-order valence-electron chi connectivity index (χ1n) is 8.14. The van der Waals surface area contributed by atoms with E-state index in [1.165, 1.54) is 0 Å². The quantitative estimate of drug-likeness (QED) is 0.800. The first kappa shape index (κ1) is 17.1. The molecule has 3 rings (SSSR count). The molecule has 1 N–H and O–H groups in total. The number of carbonyl (C=O) groups excluding carboxylic acids is 3. The Kier molecular flexibility index (Phi) is 4.78. The Bertz CT molecular complexity index is 690. The maximum atomic E-state index is 12.6. The number of nitrogens with one attached hydrogen (secondary N) is 1. The van der Waals surface area contributed by atoms with Crippen LogP contribution in [0.5, 0.6) is 11.5 Å². The van der Waals surface area contributed by atoms with Crippen LogP contribution < -0.4 is 14.8 Å². The minimum Gasteiger partial charge on any atom is -0.493 e. The van der Waals surface area contributed by atoms with Crippen LogP contribution in [0.4, 0.5) is 4.79 Å². The van der Waals surface area contributed by atoms with E-state index in [-0.39, 0.29) is 30.9 Å². The predicted octanol–water partition coefficient (Wildman–Crippen LogP) is 0.919. The molecule has 8 nitrogen and oxygen atoms in total. The number of carbonyl (C=O) groups is 3. The van der Waals surface area contributed by atoms with Crippen molar-refractivity contribution < 1.29 is 23.9 Å². The van der Waals surface area contributed by atoms with Crippen molar-refractivity contribution >= 4 is 17.8 Å². The Labute approximate surface area is 145 Å². The summed E-state index contributed by atoms with van der Waals surface area (Å²) in [6.45, 7) is 0.321. The molecule has 4 amide bonds. The lowest BCUT2D eigenvalue weighted by atomic mass is 10.0. The van der Waals surface area contributed by atoms with E-state index in [0.29, 0.717) is 18.0 Å². The lowest BCUT2D eigenvalue weighted by Crippen LogP contribution is -2.42. The first-order valence-corrected chi connectivity index (χ1v) is 8.14. The maximum absolute atomic E-state index is 12.6. The average Bonchev–Trinajstić information content (AvgIpc) is 3.23. The molecular weight excluding hydrogens is 326 g/mol. The van der Waals surface area contributed by atoms with Crippen LogP contribution in [0.2, 0.25) is 0 Å². The Morgan fingerprint density at radius 3 is 2.64 bits per heavy atom. The molecule has 25 heavy (non-hydrogen) atoms. The number of likely N-dealkylation sites (tertiary alicyclic amines) is 1. The number of nitrogens with zero attached hydrogens (tertiary/aromatic N) is 2. The van der Waals surface area contributed by atoms with E-state index in [9.17, 15) is 14.4 Å². The topological polar surface area (TPSA) is 88.2 Å². The molecule has 2 fully saturated rings. The van der Waals surface area contributed by atoms with Gasteiger partial charge in [0.15, 0.2) is 11.5 Å². The molecule has 2 aliphatic rings. The molecule has 0 aromatic heterocycles. The second-order valence-corrected chi connectivity index (χ2v) is 6.00. The van der Waals surface area contributed by atoms with Crippen molar-refractivity contribution in [3.63, 3.8) is 0 Å². The van der Waals surface area contributed by atoms with Gasteiger partial charge in [-0.2, -0.15) is 0 Å². The summed E-state index contributed by atoms with van der Waals surface area (Å²) in [5.41, 5.74) is 0.945.